The summed E-state index contributed by atoms with van der Waals surface area (Å²) in [6.07, 6.45) is 4.52. The summed E-state index contributed by atoms with van der Waals surface area (Å²) < 4.78 is 5.10. The van der Waals surface area contributed by atoms with E-state index in [0.29, 0.717) is 5.56 Å². The molecule has 0 aromatic heterocycles. The van der Waals surface area contributed by atoms with E-state index in [4.69, 9.17) is 4.74 Å². The molecule has 3 N–H and O–H groups in total. The molecule has 1 amide bonds. The van der Waals surface area contributed by atoms with E-state index in [2.05, 4.69) is 5.32 Å². The molecule has 0 radical (unpaired) electrons. The second kappa shape index (κ2) is 8.60. The lowest BCUT2D eigenvalue weighted by Crippen LogP contribution is -2.36. The van der Waals surface area contributed by atoms with Crippen LogP contribution in [0.4, 0.5) is 10.5 Å². The SMILES string of the molecule is O=C(NC1CCCCC1)OCc1cc(CO)c(CO)cc1[N+](=O)[O-]. The van der Waals surface area contributed by atoms with E-state index < -0.39 is 17.6 Å². The molecular weight excluding hydrogens is 316 g/mol. The number of nitrogens with zero attached hydrogens (tertiary/aromatic N) is 1. The molecule has 0 spiro atoms. The molecular formula is C16H22N2O6. The zero-order chi connectivity index (χ0) is 17.5. The number of aliphatic hydroxyl groups excluding tert-OH is 2. The van der Waals surface area contributed by atoms with Gasteiger partial charge in [-0.25, -0.2) is 4.79 Å². The summed E-state index contributed by atoms with van der Waals surface area (Å²) in [4.78, 5) is 22.4. The second-order valence-corrected chi connectivity index (χ2v) is 5.88. The van der Waals surface area contributed by atoms with Gasteiger partial charge in [0.1, 0.15) is 6.61 Å². The maximum atomic E-state index is 11.9. The third kappa shape index (κ3) is 4.65. The van der Waals surface area contributed by atoms with Crippen LogP contribution in [0.3, 0.4) is 0 Å². The third-order valence-electron chi connectivity index (χ3n) is 4.22. The van der Waals surface area contributed by atoms with Crippen LogP contribution in [0, 0.1) is 10.1 Å². The normalized spacial score (nSPS) is 15.1. The minimum atomic E-state index is -0.604. The molecule has 0 saturated heterocycles. The molecule has 2 rings (SSSR count). The van der Waals surface area contributed by atoms with Gasteiger partial charge in [0.15, 0.2) is 0 Å². The lowest BCUT2D eigenvalue weighted by Gasteiger charge is -2.22. The minimum absolute atomic E-state index is 0.0889. The first-order valence-corrected chi connectivity index (χ1v) is 7.99. The molecule has 1 saturated carbocycles. The van der Waals surface area contributed by atoms with Gasteiger partial charge in [-0.2, -0.15) is 0 Å². The van der Waals surface area contributed by atoms with E-state index >= 15 is 0 Å². The number of rotatable bonds is 6. The van der Waals surface area contributed by atoms with Gasteiger partial charge in [-0.15, -0.1) is 0 Å². The van der Waals surface area contributed by atoms with Crippen molar-refractivity contribution in [1.82, 2.24) is 5.32 Å². The first-order chi connectivity index (χ1) is 11.5. The van der Waals surface area contributed by atoms with Gasteiger partial charge in [-0.3, -0.25) is 10.1 Å². The first-order valence-electron chi connectivity index (χ1n) is 7.99. The van der Waals surface area contributed by atoms with E-state index in [9.17, 15) is 25.1 Å². The van der Waals surface area contributed by atoms with Crippen LogP contribution in [-0.2, 0) is 24.6 Å². The highest BCUT2D eigenvalue weighted by molar-refractivity contribution is 5.67. The zero-order valence-electron chi connectivity index (χ0n) is 13.4. The van der Waals surface area contributed by atoms with Gasteiger partial charge < -0.3 is 20.3 Å². The van der Waals surface area contributed by atoms with Gasteiger partial charge >= 0.3 is 6.09 Å². The number of nitrogens with one attached hydrogen (secondary N) is 1. The molecule has 132 valence electrons. The molecule has 24 heavy (non-hydrogen) atoms. The maximum absolute atomic E-state index is 11.9. The van der Waals surface area contributed by atoms with E-state index in [1.165, 1.54) is 18.6 Å². The van der Waals surface area contributed by atoms with Crippen LogP contribution in [0.15, 0.2) is 12.1 Å². The Kier molecular flexibility index (Phi) is 6.51. The number of nitro benzene ring substituents is 1. The van der Waals surface area contributed by atoms with Crippen molar-refractivity contribution in [2.24, 2.45) is 0 Å². The van der Waals surface area contributed by atoms with Crippen molar-refractivity contribution in [3.8, 4) is 0 Å². The smallest absolute Gasteiger partial charge is 0.407 e. The molecule has 0 bridgehead atoms. The molecule has 8 nitrogen and oxygen atoms in total. The monoisotopic (exact) mass is 338 g/mol. The fourth-order valence-electron chi connectivity index (χ4n) is 2.91. The van der Waals surface area contributed by atoms with Gasteiger partial charge in [-0.1, -0.05) is 19.3 Å². The van der Waals surface area contributed by atoms with Crippen molar-refractivity contribution in [2.45, 2.75) is 58.0 Å². The number of carbonyl (C=O) groups excluding carboxylic acids is 1. The zero-order valence-corrected chi connectivity index (χ0v) is 13.4. The molecule has 0 heterocycles. The largest absolute Gasteiger partial charge is 0.444 e. The topological polar surface area (TPSA) is 122 Å². The summed E-state index contributed by atoms with van der Waals surface area (Å²) in [7, 11) is 0. The van der Waals surface area contributed by atoms with Crippen LogP contribution in [0.5, 0.6) is 0 Å². The van der Waals surface area contributed by atoms with Gasteiger partial charge in [0.25, 0.3) is 5.69 Å². The summed E-state index contributed by atoms with van der Waals surface area (Å²) >= 11 is 0. The summed E-state index contributed by atoms with van der Waals surface area (Å²) in [6, 6.07) is 2.67. The third-order valence-corrected chi connectivity index (χ3v) is 4.22. The second-order valence-electron chi connectivity index (χ2n) is 5.88. The van der Waals surface area contributed by atoms with E-state index in [1.807, 2.05) is 0 Å². The van der Waals surface area contributed by atoms with Crippen molar-refractivity contribution in [2.75, 3.05) is 0 Å². The number of amides is 1. The predicted molar refractivity (Wildman–Crippen MR) is 85.1 cm³/mol. The highest BCUT2D eigenvalue weighted by Crippen LogP contribution is 2.25. The van der Waals surface area contributed by atoms with Crippen molar-refractivity contribution in [3.63, 3.8) is 0 Å². The number of hydrogen-bond donors (Lipinski definition) is 3. The number of alkyl carbamates (subject to hydrolysis) is 1. The van der Waals surface area contributed by atoms with Crippen molar-refractivity contribution in [1.29, 1.82) is 0 Å². The lowest BCUT2D eigenvalue weighted by molar-refractivity contribution is -0.385. The maximum Gasteiger partial charge on any atom is 0.407 e. The minimum Gasteiger partial charge on any atom is -0.444 e. The highest BCUT2D eigenvalue weighted by atomic mass is 16.6. The Morgan fingerprint density at radius 1 is 1.17 bits per heavy atom. The predicted octanol–water partition coefficient (Wildman–Crippen LogP) is 2.14. The van der Waals surface area contributed by atoms with Crippen molar-refractivity contribution >= 4 is 11.8 Å². The van der Waals surface area contributed by atoms with Crippen LogP contribution >= 0.6 is 0 Å². The molecule has 1 fully saturated rings. The highest BCUT2D eigenvalue weighted by Gasteiger charge is 2.20. The Morgan fingerprint density at radius 3 is 2.38 bits per heavy atom. The van der Waals surface area contributed by atoms with Crippen LogP contribution < -0.4 is 5.32 Å². The van der Waals surface area contributed by atoms with Crippen LogP contribution in [0.25, 0.3) is 0 Å². The number of carbonyl (C=O) groups is 1. The fraction of sp³-hybridized carbons (Fsp3) is 0.562. The van der Waals surface area contributed by atoms with Gasteiger partial charge in [-0.05, 0) is 30.0 Å². The number of nitro groups is 1. The van der Waals surface area contributed by atoms with Gasteiger partial charge in [0.2, 0.25) is 0 Å². The van der Waals surface area contributed by atoms with E-state index in [-0.39, 0.29) is 36.1 Å². The van der Waals surface area contributed by atoms with Crippen molar-refractivity contribution < 1.29 is 24.7 Å². The molecule has 1 aliphatic carbocycles. The molecule has 0 aliphatic heterocycles. The van der Waals surface area contributed by atoms with Crippen LogP contribution in [-0.4, -0.2) is 27.3 Å². The molecule has 0 atom stereocenters. The molecule has 1 aromatic carbocycles. The Labute approximate surface area is 139 Å². The first kappa shape index (κ1) is 18.2. The quantitative estimate of drug-likeness (QED) is 0.539. The summed E-state index contributed by atoms with van der Waals surface area (Å²) in [5.41, 5.74) is 0.579. The summed E-state index contributed by atoms with van der Waals surface area (Å²) in [5.74, 6) is 0. The molecule has 0 unspecified atom stereocenters. The Bertz CT molecular complexity index is 598. The molecule has 1 aliphatic rings. The Morgan fingerprint density at radius 2 is 1.79 bits per heavy atom. The van der Waals surface area contributed by atoms with E-state index in [1.54, 1.807) is 0 Å². The Balaban J connectivity index is 2.04. The van der Waals surface area contributed by atoms with Crippen molar-refractivity contribution in [3.05, 3.63) is 38.9 Å². The van der Waals surface area contributed by atoms with Crippen LogP contribution in [0.1, 0.15) is 48.8 Å². The fourth-order valence-corrected chi connectivity index (χ4v) is 2.91. The van der Waals surface area contributed by atoms with Crippen LogP contribution in [0.2, 0.25) is 0 Å². The lowest BCUT2D eigenvalue weighted by atomic mass is 9.96. The average Bonchev–Trinajstić information content (AvgIpc) is 2.59. The number of ether oxygens (including phenoxy) is 1. The standard InChI is InChI=1S/C16H22N2O6/c19-8-11-6-13(15(18(22)23)7-12(11)9-20)10-24-16(21)17-14-4-2-1-3-5-14/h6-7,14,19-20H,1-5,8-10H2,(H,17,21). The van der Waals surface area contributed by atoms with E-state index in [0.717, 1.165) is 25.7 Å². The summed E-state index contributed by atoms with van der Waals surface area (Å²) in [6.45, 7) is -1.05. The Hall–Kier alpha value is -2.19. The number of hydrogen-bond acceptors (Lipinski definition) is 6. The average molecular weight is 338 g/mol. The number of aliphatic hydroxyl groups is 2. The van der Waals surface area contributed by atoms with Gasteiger partial charge in [0.05, 0.1) is 23.7 Å². The summed E-state index contributed by atoms with van der Waals surface area (Å²) in [5, 5.41) is 32.4. The number of benzene rings is 1. The molecule has 1 aromatic rings. The molecule has 8 heteroatoms. The van der Waals surface area contributed by atoms with Gasteiger partial charge in [0, 0.05) is 12.1 Å².